The Balaban J connectivity index is 2.12. The van der Waals surface area contributed by atoms with Crippen molar-refractivity contribution in [2.45, 2.75) is 45.6 Å². The number of fused-ring (bicyclic) bond motifs is 1. The minimum Gasteiger partial charge on any atom is -0.335 e. The summed E-state index contributed by atoms with van der Waals surface area (Å²) in [5.74, 6) is 1.44. The SMILES string of the molecule is CC(C)CN1C(=O)C=CC2CCCCC21. The summed E-state index contributed by atoms with van der Waals surface area (Å²) in [6.45, 7) is 5.29. The molecule has 0 aromatic heterocycles. The maximum Gasteiger partial charge on any atom is 0.246 e. The van der Waals surface area contributed by atoms with Gasteiger partial charge in [-0.25, -0.2) is 0 Å². The van der Waals surface area contributed by atoms with Gasteiger partial charge in [-0.2, -0.15) is 0 Å². The molecule has 0 aromatic carbocycles. The van der Waals surface area contributed by atoms with Crippen molar-refractivity contribution in [1.82, 2.24) is 4.90 Å². The number of rotatable bonds is 2. The average Bonchev–Trinajstić information content (AvgIpc) is 2.22. The van der Waals surface area contributed by atoms with Gasteiger partial charge in [0.15, 0.2) is 0 Å². The molecule has 1 fully saturated rings. The first-order valence-corrected chi connectivity index (χ1v) is 6.17. The van der Waals surface area contributed by atoms with Gasteiger partial charge in [0.05, 0.1) is 0 Å². The third-order valence-electron chi connectivity index (χ3n) is 3.51. The summed E-state index contributed by atoms with van der Waals surface area (Å²) < 4.78 is 0. The lowest BCUT2D eigenvalue weighted by molar-refractivity contribution is -0.131. The van der Waals surface area contributed by atoms with E-state index in [2.05, 4.69) is 24.8 Å². The first-order valence-electron chi connectivity index (χ1n) is 6.17. The van der Waals surface area contributed by atoms with Crippen LogP contribution in [-0.4, -0.2) is 23.4 Å². The average molecular weight is 207 g/mol. The molecule has 0 N–H and O–H groups in total. The van der Waals surface area contributed by atoms with Gasteiger partial charge in [0, 0.05) is 12.6 Å². The van der Waals surface area contributed by atoms with Gasteiger partial charge in [0.1, 0.15) is 0 Å². The second kappa shape index (κ2) is 4.38. The molecule has 2 unspecified atom stereocenters. The number of nitrogens with zero attached hydrogens (tertiary/aromatic N) is 1. The lowest BCUT2D eigenvalue weighted by atomic mass is 9.81. The number of amides is 1. The third-order valence-corrected chi connectivity index (χ3v) is 3.51. The molecular formula is C13H21NO. The van der Waals surface area contributed by atoms with Crippen LogP contribution in [0.15, 0.2) is 12.2 Å². The van der Waals surface area contributed by atoms with Crippen LogP contribution < -0.4 is 0 Å². The van der Waals surface area contributed by atoms with Gasteiger partial charge in [-0.1, -0.05) is 32.8 Å². The molecule has 2 heteroatoms. The molecule has 1 amide bonds. The van der Waals surface area contributed by atoms with Crippen LogP contribution >= 0.6 is 0 Å². The van der Waals surface area contributed by atoms with E-state index in [9.17, 15) is 4.79 Å². The summed E-state index contributed by atoms with van der Waals surface area (Å²) in [6.07, 6.45) is 9.01. The van der Waals surface area contributed by atoms with Crippen molar-refractivity contribution in [2.24, 2.45) is 11.8 Å². The Labute approximate surface area is 92.3 Å². The smallest absolute Gasteiger partial charge is 0.246 e. The summed E-state index contributed by atoms with van der Waals surface area (Å²) >= 11 is 0. The van der Waals surface area contributed by atoms with E-state index < -0.39 is 0 Å². The van der Waals surface area contributed by atoms with E-state index in [-0.39, 0.29) is 5.91 Å². The van der Waals surface area contributed by atoms with Crippen LogP contribution in [0.1, 0.15) is 39.5 Å². The van der Waals surface area contributed by atoms with Gasteiger partial charge in [-0.3, -0.25) is 4.79 Å². The fourth-order valence-corrected chi connectivity index (χ4v) is 2.84. The van der Waals surface area contributed by atoms with Gasteiger partial charge in [0.25, 0.3) is 0 Å². The molecule has 0 saturated heterocycles. The zero-order valence-electron chi connectivity index (χ0n) is 9.78. The molecule has 1 heterocycles. The van der Waals surface area contributed by atoms with Crippen LogP contribution in [0.3, 0.4) is 0 Å². The predicted molar refractivity (Wildman–Crippen MR) is 61.4 cm³/mol. The van der Waals surface area contributed by atoms with Crippen molar-refractivity contribution < 1.29 is 4.79 Å². The van der Waals surface area contributed by atoms with Crippen molar-refractivity contribution in [1.29, 1.82) is 0 Å². The van der Waals surface area contributed by atoms with Crippen LogP contribution in [0.2, 0.25) is 0 Å². The molecular weight excluding hydrogens is 186 g/mol. The molecule has 0 aromatic rings. The van der Waals surface area contributed by atoms with Crippen molar-refractivity contribution in [3.05, 3.63) is 12.2 Å². The maximum atomic E-state index is 11.8. The lowest BCUT2D eigenvalue weighted by Crippen LogP contribution is -2.48. The van der Waals surface area contributed by atoms with Crippen LogP contribution in [0.5, 0.6) is 0 Å². The van der Waals surface area contributed by atoms with Crippen LogP contribution in [0.4, 0.5) is 0 Å². The van der Waals surface area contributed by atoms with Crippen LogP contribution in [0.25, 0.3) is 0 Å². The minimum atomic E-state index is 0.229. The standard InChI is InChI=1S/C13H21NO/c1-10(2)9-14-12-6-4-3-5-11(12)7-8-13(14)15/h7-8,10-12H,3-6,9H2,1-2H3. The van der Waals surface area contributed by atoms with Gasteiger partial charge in [-0.15, -0.1) is 0 Å². The summed E-state index contributed by atoms with van der Waals surface area (Å²) in [5, 5.41) is 0. The van der Waals surface area contributed by atoms with Crippen molar-refractivity contribution in [3.63, 3.8) is 0 Å². The van der Waals surface area contributed by atoms with Crippen molar-refractivity contribution in [2.75, 3.05) is 6.54 Å². The van der Waals surface area contributed by atoms with E-state index in [0.29, 0.717) is 17.9 Å². The van der Waals surface area contributed by atoms with E-state index in [1.54, 1.807) is 6.08 Å². The van der Waals surface area contributed by atoms with Gasteiger partial charge in [-0.05, 0) is 30.8 Å². The zero-order chi connectivity index (χ0) is 10.8. The minimum absolute atomic E-state index is 0.229. The van der Waals surface area contributed by atoms with Gasteiger partial charge >= 0.3 is 0 Å². The highest BCUT2D eigenvalue weighted by molar-refractivity contribution is 5.88. The van der Waals surface area contributed by atoms with E-state index in [1.165, 1.54) is 25.7 Å². The molecule has 2 atom stereocenters. The highest BCUT2D eigenvalue weighted by atomic mass is 16.2. The molecule has 1 aliphatic heterocycles. The molecule has 2 rings (SSSR count). The molecule has 0 bridgehead atoms. The highest BCUT2D eigenvalue weighted by Crippen LogP contribution is 2.32. The first kappa shape index (κ1) is 10.7. The Morgan fingerprint density at radius 3 is 2.87 bits per heavy atom. The normalized spacial score (nSPS) is 30.9. The summed E-state index contributed by atoms with van der Waals surface area (Å²) in [7, 11) is 0. The van der Waals surface area contributed by atoms with Gasteiger partial charge in [0.2, 0.25) is 5.91 Å². The predicted octanol–water partition coefficient (Wildman–Crippen LogP) is 2.60. The Kier molecular flexibility index (Phi) is 3.13. The second-order valence-electron chi connectivity index (χ2n) is 5.26. The molecule has 2 aliphatic rings. The van der Waals surface area contributed by atoms with Crippen molar-refractivity contribution in [3.8, 4) is 0 Å². The van der Waals surface area contributed by atoms with Gasteiger partial charge < -0.3 is 4.90 Å². The monoisotopic (exact) mass is 207 g/mol. The second-order valence-corrected chi connectivity index (χ2v) is 5.26. The fourth-order valence-electron chi connectivity index (χ4n) is 2.84. The topological polar surface area (TPSA) is 20.3 Å². The molecule has 15 heavy (non-hydrogen) atoms. The number of carbonyl (C=O) groups is 1. The molecule has 0 spiro atoms. The lowest BCUT2D eigenvalue weighted by Gasteiger charge is -2.41. The summed E-state index contributed by atoms with van der Waals surface area (Å²) in [5.41, 5.74) is 0. The maximum absolute atomic E-state index is 11.8. The Morgan fingerprint density at radius 1 is 1.40 bits per heavy atom. The third kappa shape index (κ3) is 2.24. The molecule has 1 saturated carbocycles. The van der Waals surface area contributed by atoms with E-state index >= 15 is 0 Å². The molecule has 2 nitrogen and oxygen atoms in total. The molecule has 1 aliphatic carbocycles. The van der Waals surface area contributed by atoms with E-state index in [4.69, 9.17) is 0 Å². The fraction of sp³-hybridized carbons (Fsp3) is 0.769. The largest absolute Gasteiger partial charge is 0.335 e. The number of hydrogen-bond donors (Lipinski definition) is 0. The van der Waals surface area contributed by atoms with Crippen LogP contribution in [-0.2, 0) is 4.79 Å². The number of hydrogen-bond acceptors (Lipinski definition) is 1. The van der Waals surface area contributed by atoms with E-state index in [1.807, 2.05) is 0 Å². The first-order chi connectivity index (χ1) is 7.18. The van der Waals surface area contributed by atoms with E-state index in [0.717, 1.165) is 6.54 Å². The molecule has 0 radical (unpaired) electrons. The Hall–Kier alpha value is -0.790. The highest BCUT2D eigenvalue weighted by Gasteiger charge is 2.33. The number of carbonyl (C=O) groups excluding carboxylic acids is 1. The summed E-state index contributed by atoms with van der Waals surface area (Å²) in [6, 6.07) is 0.499. The van der Waals surface area contributed by atoms with Crippen LogP contribution in [0, 0.1) is 11.8 Å². The summed E-state index contributed by atoms with van der Waals surface area (Å²) in [4.78, 5) is 13.9. The zero-order valence-corrected chi connectivity index (χ0v) is 9.78. The Morgan fingerprint density at radius 2 is 2.13 bits per heavy atom. The Bertz CT molecular complexity index is 270. The molecule has 84 valence electrons. The van der Waals surface area contributed by atoms with Crippen molar-refractivity contribution >= 4 is 5.91 Å². The quantitative estimate of drug-likeness (QED) is 0.681.